The van der Waals surface area contributed by atoms with Crippen LogP contribution in [0.1, 0.15) is 43.5 Å². The van der Waals surface area contributed by atoms with Crippen molar-refractivity contribution in [2.24, 2.45) is 0 Å². The Bertz CT molecular complexity index is 1160. The summed E-state index contributed by atoms with van der Waals surface area (Å²) >= 11 is 0. The first-order valence-electron chi connectivity index (χ1n) is 10.2. The number of hydrogen-bond acceptors (Lipinski definition) is 5. The average Bonchev–Trinajstić information content (AvgIpc) is 3.43. The Morgan fingerprint density at radius 3 is 2.77 bits per heavy atom. The van der Waals surface area contributed by atoms with E-state index in [0.29, 0.717) is 24.7 Å². The summed E-state index contributed by atoms with van der Waals surface area (Å²) in [6.07, 6.45) is 5.63. The molecule has 2 aromatic heterocycles. The van der Waals surface area contributed by atoms with Crippen molar-refractivity contribution in [1.82, 2.24) is 19.6 Å². The van der Waals surface area contributed by atoms with Crippen molar-refractivity contribution in [1.29, 1.82) is 0 Å². The average molecular weight is 416 g/mol. The molecule has 0 radical (unpaired) electrons. The molecule has 1 aliphatic rings. The molecule has 158 valence electrons. The number of hydrogen-bond donors (Lipinski definition) is 1. The van der Waals surface area contributed by atoms with E-state index in [1.165, 1.54) is 0 Å². The van der Waals surface area contributed by atoms with Gasteiger partial charge in [-0.15, -0.1) is 0 Å². The Hall–Kier alpha value is -3.63. The van der Waals surface area contributed by atoms with Crippen LogP contribution in [0, 0.1) is 11.8 Å². The number of aliphatic hydroxyl groups excluding tert-OH is 1. The van der Waals surface area contributed by atoms with Gasteiger partial charge >= 0.3 is 0 Å². The van der Waals surface area contributed by atoms with Gasteiger partial charge in [0.1, 0.15) is 17.6 Å². The summed E-state index contributed by atoms with van der Waals surface area (Å²) in [7, 11) is 0. The molecule has 0 unspecified atom stereocenters. The van der Waals surface area contributed by atoms with E-state index in [0.717, 1.165) is 35.4 Å². The van der Waals surface area contributed by atoms with E-state index in [4.69, 9.17) is 4.52 Å². The maximum atomic E-state index is 11.4. The summed E-state index contributed by atoms with van der Waals surface area (Å²) in [4.78, 5) is 17.4. The van der Waals surface area contributed by atoms with Crippen LogP contribution in [0.3, 0.4) is 0 Å². The van der Waals surface area contributed by atoms with Crippen molar-refractivity contribution in [2.45, 2.75) is 32.9 Å². The third kappa shape index (κ3) is 4.93. The number of carbonyl (C=O) groups excluding carboxylic acids is 1. The largest absolute Gasteiger partial charge is 0.385 e. The fourth-order valence-corrected chi connectivity index (χ4v) is 3.46. The quantitative estimate of drug-likeness (QED) is 0.661. The van der Waals surface area contributed by atoms with Crippen LogP contribution in [0.5, 0.6) is 0 Å². The van der Waals surface area contributed by atoms with Gasteiger partial charge in [-0.05, 0) is 37.6 Å². The Morgan fingerprint density at radius 2 is 2.10 bits per heavy atom. The number of aliphatic hydroxyl groups is 1. The van der Waals surface area contributed by atoms with Gasteiger partial charge in [-0.3, -0.25) is 4.79 Å². The standard InChI is InChI=1S/C24H24N4O3/c1-17(29)24-25-11-14-28(24)16-22-15-23(31-26-22)21-7-5-19(6-8-21)3-4-20-9-12-27(13-10-20)18(2)30/h5-9,11,14-15,17,29H,10,12-13,16H2,1-2H3/t17-/m0/s1. The van der Waals surface area contributed by atoms with Crippen molar-refractivity contribution in [3.8, 4) is 23.2 Å². The van der Waals surface area contributed by atoms with Gasteiger partial charge < -0.3 is 19.1 Å². The first-order valence-corrected chi connectivity index (χ1v) is 10.2. The van der Waals surface area contributed by atoms with Crippen LogP contribution in [0.25, 0.3) is 11.3 Å². The summed E-state index contributed by atoms with van der Waals surface area (Å²) in [6, 6.07) is 9.72. The first kappa shape index (κ1) is 20.6. The second-order valence-electron chi connectivity index (χ2n) is 7.54. The minimum absolute atomic E-state index is 0.0999. The van der Waals surface area contributed by atoms with Gasteiger partial charge in [-0.2, -0.15) is 0 Å². The van der Waals surface area contributed by atoms with Gasteiger partial charge in [0.2, 0.25) is 5.91 Å². The van der Waals surface area contributed by atoms with Gasteiger partial charge in [-0.25, -0.2) is 4.98 Å². The number of aromatic nitrogens is 3. The minimum Gasteiger partial charge on any atom is -0.385 e. The second kappa shape index (κ2) is 9.02. The number of imidazole rings is 1. The third-order valence-corrected chi connectivity index (χ3v) is 5.20. The molecular formula is C24H24N4O3. The van der Waals surface area contributed by atoms with Crippen molar-refractivity contribution < 1.29 is 14.4 Å². The highest BCUT2D eigenvalue weighted by Crippen LogP contribution is 2.22. The summed E-state index contributed by atoms with van der Waals surface area (Å²) in [5.41, 5.74) is 3.65. The van der Waals surface area contributed by atoms with E-state index >= 15 is 0 Å². The Labute approximate surface area is 181 Å². The predicted molar refractivity (Wildman–Crippen MR) is 116 cm³/mol. The molecule has 0 bridgehead atoms. The van der Waals surface area contributed by atoms with Crippen LogP contribution >= 0.6 is 0 Å². The van der Waals surface area contributed by atoms with Gasteiger partial charge in [0, 0.05) is 55.2 Å². The molecule has 1 aromatic carbocycles. The molecule has 7 nitrogen and oxygen atoms in total. The van der Waals surface area contributed by atoms with Crippen LogP contribution in [-0.2, 0) is 11.3 Å². The molecule has 0 saturated heterocycles. The number of benzene rings is 1. The van der Waals surface area contributed by atoms with E-state index in [-0.39, 0.29) is 5.91 Å². The number of rotatable bonds is 4. The molecule has 31 heavy (non-hydrogen) atoms. The molecule has 0 fully saturated rings. The van der Waals surface area contributed by atoms with Gasteiger partial charge in [0.25, 0.3) is 0 Å². The molecule has 1 atom stereocenters. The number of carbonyl (C=O) groups is 1. The molecule has 1 N–H and O–H groups in total. The zero-order valence-electron chi connectivity index (χ0n) is 17.6. The summed E-state index contributed by atoms with van der Waals surface area (Å²) < 4.78 is 7.35. The Balaban J connectivity index is 1.42. The van der Waals surface area contributed by atoms with Crippen LogP contribution < -0.4 is 0 Å². The Kier molecular flexibility index (Phi) is 6.01. The SMILES string of the molecule is CC(=O)N1CC=C(C#Cc2ccc(-c3cc(Cn4ccnc4[C@H](C)O)no3)cc2)CC1. The molecule has 1 amide bonds. The lowest BCUT2D eigenvalue weighted by Gasteiger charge is -2.23. The van der Waals surface area contributed by atoms with Crippen molar-refractivity contribution in [3.05, 3.63) is 71.5 Å². The molecule has 0 spiro atoms. The molecule has 3 aromatic rings. The highest BCUT2D eigenvalue weighted by atomic mass is 16.5. The lowest BCUT2D eigenvalue weighted by Crippen LogP contribution is -2.32. The second-order valence-corrected chi connectivity index (χ2v) is 7.54. The highest BCUT2D eigenvalue weighted by Gasteiger charge is 2.13. The topological polar surface area (TPSA) is 84.4 Å². The highest BCUT2D eigenvalue weighted by molar-refractivity contribution is 5.73. The third-order valence-electron chi connectivity index (χ3n) is 5.20. The van der Waals surface area contributed by atoms with Gasteiger partial charge in [-0.1, -0.05) is 23.1 Å². The van der Waals surface area contributed by atoms with Crippen LogP contribution in [0.2, 0.25) is 0 Å². The smallest absolute Gasteiger partial charge is 0.219 e. The predicted octanol–water partition coefficient (Wildman–Crippen LogP) is 3.17. The number of amides is 1. The molecule has 4 rings (SSSR count). The maximum Gasteiger partial charge on any atom is 0.219 e. The van der Waals surface area contributed by atoms with E-state index in [2.05, 4.69) is 22.0 Å². The lowest BCUT2D eigenvalue weighted by atomic mass is 10.1. The van der Waals surface area contributed by atoms with Crippen molar-refractivity contribution in [3.63, 3.8) is 0 Å². The van der Waals surface area contributed by atoms with E-state index in [9.17, 15) is 9.90 Å². The summed E-state index contributed by atoms with van der Waals surface area (Å²) in [5.74, 6) is 7.76. The van der Waals surface area contributed by atoms with Gasteiger partial charge in [0.05, 0.1) is 6.54 Å². The zero-order valence-corrected chi connectivity index (χ0v) is 17.6. The van der Waals surface area contributed by atoms with Crippen molar-refractivity contribution >= 4 is 5.91 Å². The van der Waals surface area contributed by atoms with E-state index in [1.54, 1.807) is 20.0 Å². The molecule has 7 heteroatoms. The maximum absolute atomic E-state index is 11.4. The molecule has 1 aliphatic heterocycles. The fourth-order valence-electron chi connectivity index (χ4n) is 3.46. The van der Waals surface area contributed by atoms with Crippen LogP contribution in [-0.4, -0.2) is 43.7 Å². The number of nitrogens with zero attached hydrogens (tertiary/aromatic N) is 4. The zero-order chi connectivity index (χ0) is 21.8. The van der Waals surface area contributed by atoms with Crippen molar-refractivity contribution in [2.75, 3.05) is 13.1 Å². The lowest BCUT2D eigenvalue weighted by molar-refractivity contribution is -0.128. The fraction of sp³-hybridized carbons (Fsp3) is 0.292. The summed E-state index contributed by atoms with van der Waals surface area (Å²) in [5, 5.41) is 13.9. The molecule has 0 saturated carbocycles. The van der Waals surface area contributed by atoms with E-state index in [1.807, 2.05) is 52.1 Å². The molecular weight excluding hydrogens is 392 g/mol. The normalized spacial score (nSPS) is 14.5. The molecule has 0 aliphatic carbocycles. The Morgan fingerprint density at radius 1 is 1.29 bits per heavy atom. The monoisotopic (exact) mass is 416 g/mol. The van der Waals surface area contributed by atoms with Crippen LogP contribution in [0.15, 0.2) is 58.9 Å². The van der Waals surface area contributed by atoms with Gasteiger partial charge in [0.15, 0.2) is 5.76 Å². The molecule has 3 heterocycles. The first-order chi connectivity index (χ1) is 15.0. The minimum atomic E-state index is -0.646. The van der Waals surface area contributed by atoms with E-state index < -0.39 is 6.10 Å². The summed E-state index contributed by atoms with van der Waals surface area (Å²) in [6.45, 7) is 5.10. The van der Waals surface area contributed by atoms with Crippen LogP contribution in [0.4, 0.5) is 0 Å².